The van der Waals surface area contributed by atoms with E-state index in [0.29, 0.717) is 10.9 Å². The van der Waals surface area contributed by atoms with Crippen LogP contribution < -0.4 is 0 Å². The molecule has 2 heteroatoms. The van der Waals surface area contributed by atoms with Gasteiger partial charge in [0.1, 0.15) is 0 Å². The molecular weight excluding hydrogens is 192 g/mol. The van der Waals surface area contributed by atoms with E-state index in [2.05, 4.69) is 33.3 Å². The fourth-order valence-corrected chi connectivity index (χ4v) is 2.81. The van der Waals surface area contributed by atoms with Crippen LogP contribution in [0.1, 0.15) is 52.9 Å². The highest BCUT2D eigenvalue weighted by Gasteiger charge is 2.31. The lowest BCUT2D eigenvalue weighted by Gasteiger charge is -2.46. The van der Waals surface area contributed by atoms with Gasteiger partial charge in [-0.1, -0.05) is 40.0 Å². The van der Waals surface area contributed by atoms with Crippen molar-refractivity contribution in [3.05, 3.63) is 0 Å². The summed E-state index contributed by atoms with van der Waals surface area (Å²) in [4.78, 5) is 0. The van der Waals surface area contributed by atoms with Gasteiger partial charge in [0.25, 0.3) is 0 Å². The van der Waals surface area contributed by atoms with E-state index in [1.165, 1.54) is 32.1 Å². The average molecular weight is 218 g/mol. The highest BCUT2D eigenvalue weighted by Crippen LogP contribution is 2.55. The Hall–Kier alpha value is 0.310. The van der Waals surface area contributed by atoms with Crippen LogP contribution in [0.4, 0.5) is 0 Å². The monoisotopic (exact) mass is 218 g/mol. The van der Waals surface area contributed by atoms with Crippen molar-refractivity contribution >= 4 is 10.3 Å². The Kier molecular flexibility index (Phi) is 3.93. The first kappa shape index (κ1) is 12.4. The zero-order chi connectivity index (χ0) is 10.8. The highest BCUT2D eigenvalue weighted by molar-refractivity contribution is 8.29. The lowest BCUT2D eigenvalue weighted by molar-refractivity contribution is 0.173. The SMILES string of the molecule is CC(C)(C)S(C)(C)OC1CCCCC1. The maximum Gasteiger partial charge on any atom is 0.0701 e. The van der Waals surface area contributed by atoms with Gasteiger partial charge < -0.3 is 4.18 Å². The summed E-state index contributed by atoms with van der Waals surface area (Å²) >= 11 is 0. The van der Waals surface area contributed by atoms with Crippen LogP contribution in [0.25, 0.3) is 0 Å². The molecule has 0 saturated heterocycles. The van der Waals surface area contributed by atoms with Crippen LogP contribution in [0.5, 0.6) is 0 Å². The van der Waals surface area contributed by atoms with Gasteiger partial charge in [-0.2, -0.15) is 0 Å². The minimum atomic E-state index is -0.897. The van der Waals surface area contributed by atoms with Gasteiger partial charge in [-0.15, -0.1) is 10.3 Å². The summed E-state index contributed by atoms with van der Waals surface area (Å²) in [6.45, 7) is 6.89. The number of hydrogen-bond donors (Lipinski definition) is 0. The van der Waals surface area contributed by atoms with Crippen molar-refractivity contribution in [1.82, 2.24) is 0 Å². The Bertz CT molecular complexity index is 175. The van der Waals surface area contributed by atoms with E-state index in [0.717, 1.165) is 0 Å². The maximum absolute atomic E-state index is 6.33. The van der Waals surface area contributed by atoms with Crippen molar-refractivity contribution in [1.29, 1.82) is 0 Å². The second kappa shape index (κ2) is 4.44. The standard InChI is InChI=1S/C12H26OS/c1-12(2,3)14(4,5)13-11-9-7-6-8-10-11/h11H,6-10H2,1-5H3. The molecule has 1 rings (SSSR count). The predicted molar refractivity (Wildman–Crippen MR) is 67.2 cm³/mol. The highest BCUT2D eigenvalue weighted by atomic mass is 32.3. The largest absolute Gasteiger partial charge is 0.333 e. The molecule has 0 heterocycles. The van der Waals surface area contributed by atoms with Crippen LogP contribution in [0.15, 0.2) is 0 Å². The molecule has 1 aliphatic carbocycles. The van der Waals surface area contributed by atoms with E-state index in [-0.39, 0.29) is 0 Å². The van der Waals surface area contributed by atoms with Crippen molar-refractivity contribution in [2.75, 3.05) is 12.5 Å². The third-order valence-corrected chi connectivity index (χ3v) is 7.11. The van der Waals surface area contributed by atoms with Crippen molar-refractivity contribution in [3.63, 3.8) is 0 Å². The van der Waals surface area contributed by atoms with Crippen LogP contribution in [0.2, 0.25) is 0 Å². The maximum atomic E-state index is 6.33. The van der Waals surface area contributed by atoms with Crippen LogP contribution in [0, 0.1) is 0 Å². The number of hydrogen-bond acceptors (Lipinski definition) is 1. The normalized spacial score (nSPS) is 22.4. The second-order valence-electron chi connectivity index (χ2n) is 5.70. The molecule has 0 aromatic carbocycles. The van der Waals surface area contributed by atoms with Crippen molar-refractivity contribution < 1.29 is 4.18 Å². The lowest BCUT2D eigenvalue weighted by atomic mass is 9.98. The number of rotatable bonds is 2. The molecule has 0 atom stereocenters. The van der Waals surface area contributed by atoms with Crippen molar-refractivity contribution in [2.24, 2.45) is 0 Å². The molecule has 14 heavy (non-hydrogen) atoms. The first-order valence-corrected chi connectivity index (χ1v) is 8.11. The molecule has 0 aromatic rings. The van der Waals surface area contributed by atoms with Gasteiger partial charge in [-0.25, -0.2) is 0 Å². The minimum Gasteiger partial charge on any atom is -0.333 e. The Labute approximate surface area is 91.1 Å². The first-order chi connectivity index (χ1) is 6.33. The molecule has 0 aromatic heterocycles. The van der Waals surface area contributed by atoms with E-state index in [4.69, 9.17) is 4.18 Å². The summed E-state index contributed by atoms with van der Waals surface area (Å²) in [5.41, 5.74) is 0. The summed E-state index contributed by atoms with van der Waals surface area (Å²) in [7, 11) is -0.897. The smallest absolute Gasteiger partial charge is 0.0701 e. The van der Waals surface area contributed by atoms with Gasteiger partial charge in [-0.05, 0) is 25.4 Å². The molecule has 0 unspecified atom stereocenters. The summed E-state index contributed by atoms with van der Waals surface area (Å²) in [6, 6.07) is 0. The topological polar surface area (TPSA) is 9.23 Å². The van der Waals surface area contributed by atoms with Gasteiger partial charge >= 0.3 is 0 Å². The summed E-state index contributed by atoms with van der Waals surface area (Å²) in [5.74, 6) is 0. The van der Waals surface area contributed by atoms with Crippen LogP contribution in [0.3, 0.4) is 0 Å². The van der Waals surface area contributed by atoms with Crippen molar-refractivity contribution in [2.45, 2.75) is 63.7 Å². The molecule has 0 aliphatic heterocycles. The fraction of sp³-hybridized carbons (Fsp3) is 1.00. The first-order valence-electron chi connectivity index (χ1n) is 5.74. The second-order valence-corrected chi connectivity index (χ2v) is 9.59. The summed E-state index contributed by atoms with van der Waals surface area (Å²) < 4.78 is 6.64. The molecule has 0 amide bonds. The summed E-state index contributed by atoms with van der Waals surface area (Å²) in [5, 5.41) is 0. The molecule has 86 valence electrons. The van der Waals surface area contributed by atoms with E-state index in [9.17, 15) is 0 Å². The Morgan fingerprint density at radius 1 is 1.00 bits per heavy atom. The van der Waals surface area contributed by atoms with Crippen LogP contribution >= 0.6 is 10.3 Å². The average Bonchev–Trinajstić information content (AvgIpc) is 2.03. The molecule has 1 saturated carbocycles. The van der Waals surface area contributed by atoms with Gasteiger partial charge in [-0.3, -0.25) is 0 Å². The van der Waals surface area contributed by atoms with Crippen molar-refractivity contribution in [3.8, 4) is 0 Å². The fourth-order valence-electron chi connectivity index (χ4n) is 1.65. The van der Waals surface area contributed by atoms with E-state index in [1.807, 2.05) is 0 Å². The quantitative estimate of drug-likeness (QED) is 0.677. The molecule has 1 fully saturated rings. The van der Waals surface area contributed by atoms with Crippen LogP contribution in [-0.2, 0) is 4.18 Å². The van der Waals surface area contributed by atoms with Gasteiger partial charge in [0.15, 0.2) is 0 Å². The van der Waals surface area contributed by atoms with Crippen LogP contribution in [-0.4, -0.2) is 23.4 Å². The third-order valence-electron chi connectivity index (χ3n) is 3.40. The molecule has 0 bridgehead atoms. The van der Waals surface area contributed by atoms with E-state index in [1.54, 1.807) is 0 Å². The molecule has 0 spiro atoms. The molecule has 1 aliphatic rings. The molecule has 0 N–H and O–H groups in total. The Morgan fingerprint density at radius 2 is 1.50 bits per heavy atom. The Morgan fingerprint density at radius 3 is 1.93 bits per heavy atom. The zero-order valence-electron chi connectivity index (χ0n) is 10.4. The summed E-state index contributed by atoms with van der Waals surface area (Å²) in [6.07, 6.45) is 11.9. The van der Waals surface area contributed by atoms with Gasteiger partial charge in [0, 0.05) is 4.75 Å². The Balaban J connectivity index is 2.49. The molecular formula is C12H26OS. The third kappa shape index (κ3) is 3.16. The van der Waals surface area contributed by atoms with Gasteiger partial charge in [0.05, 0.1) is 6.10 Å². The van der Waals surface area contributed by atoms with E-state index < -0.39 is 10.3 Å². The minimum absolute atomic E-state index is 0.310. The predicted octanol–water partition coefficient (Wildman–Crippen LogP) is 4.11. The molecule has 1 nitrogen and oxygen atoms in total. The zero-order valence-corrected chi connectivity index (χ0v) is 11.2. The van der Waals surface area contributed by atoms with E-state index >= 15 is 0 Å². The van der Waals surface area contributed by atoms with Gasteiger partial charge in [0.2, 0.25) is 0 Å². The lowest BCUT2D eigenvalue weighted by Crippen LogP contribution is -2.29. The molecule has 0 radical (unpaired) electrons.